The SMILES string of the molecule is COCC1=C([C@H](O)CC/C(=C/c2cc(Br)ccc2O)c2ccccn2)[C@H](CO)[C@@H]2C(=O)N(C3CCN(Cc4ccccc4)CC3)C(=O)[C@@H]2C1. The zero-order chi connectivity index (χ0) is 34.5. The van der Waals surface area contributed by atoms with E-state index in [1.807, 2.05) is 48.5 Å². The number of aliphatic hydroxyl groups excluding tert-OH is 2. The third-order valence-electron chi connectivity index (χ3n) is 10.3. The van der Waals surface area contributed by atoms with E-state index in [-0.39, 0.29) is 43.2 Å². The topological polar surface area (TPSA) is 123 Å². The van der Waals surface area contributed by atoms with E-state index >= 15 is 0 Å². The summed E-state index contributed by atoms with van der Waals surface area (Å²) in [5.74, 6) is -2.31. The van der Waals surface area contributed by atoms with Crippen molar-refractivity contribution in [2.75, 3.05) is 33.4 Å². The van der Waals surface area contributed by atoms with Crippen molar-refractivity contribution in [3.05, 3.63) is 105 Å². The van der Waals surface area contributed by atoms with E-state index in [9.17, 15) is 24.9 Å². The van der Waals surface area contributed by atoms with Crippen LogP contribution in [0.25, 0.3) is 11.6 Å². The monoisotopic (exact) mass is 729 g/mol. The van der Waals surface area contributed by atoms with Crippen LogP contribution in [-0.2, 0) is 20.9 Å². The summed E-state index contributed by atoms with van der Waals surface area (Å²) in [6, 6.07) is 20.9. The second-order valence-corrected chi connectivity index (χ2v) is 14.2. The van der Waals surface area contributed by atoms with Crippen molar-refractivity contribution in [2.24, 2.45) is 17.8 Å². The molecule has 2 aliphatic heterocycles. The Labute approximate surface area is 296 Å². The Morgan fingerprint density at radius 3 is 2.51 bits per heavy atom. The number of carbonyl (C=O) groups is 2. The first-order valence-electron chi connectivity index (χ1n) is 17.0. The molecule has 2 fully saturated rings. The molecule has 0 unspecified atom stereocenters. The summed E-state index contributed by atoms with van der Waals surface area (Å²) in [4.78, 5) is 36.5. The Kier molecular flexibility index (Phi) is 11.4. The number of hydrogen-bond donors (Lipinski definition) is 3. The fourth-order valence-corrected chi connectivity index (χ4v) is 8.31. The van der Waals surface area contributed by atoms with Crippen LogP contribution in [0.4, 0.5) is 0 Å². The molecule has 0 spiro atoms. The summed E-state index contributed by atoms with van der Waals surface area (Å²) >= 11 is 3.47. The lowest BCUT2D eigenvalue weighted by molar-refractivity contribution is -0.144. The number of aliphatic hydroxyl groups is 2. The van der Waals surface area contributed by atoms with Gasteiger partial charge in [-0.15, -0.1) is 0 Å². The summed E-state index contributed by atoms with van der Waals surface area (Å²) in [7, 11) is 1.57. The van der Waals surface area contributed by atoms with Crippen LogP contribution >= 0.6 is 15.9 Å². The fourth-order valence-electron chi connectivity index (χ4n) is 7.93. The van der Waals surface area contributed by atoms with E-state index in [1.54, 1.807) is 25.4 Å². The fraction of sp³-hybridized carbons (Fsp3) is 0.410. The van der Waals surface area contributed by atoms with E-state index in [2.05, 4.69) is 37.9 Å². The van der Waals surface area contributed by atoms with Crippen LogP contribution < -0.4 is 0 Å². The number of hydrogen-bond acceptors (Lipinski definition) is 8. The van der Waals surface area contributed by atoms with Gasteiger partial charge in [-0.3, -0.25) is 24.4 Å². The number of pyridine rings is 1. The third-order valence-corrected chi connectivity index (χ3v) is 10.8. The van der Waals surface area contributed by atoms with Gasteiger partial charge < -0.3 is 20.1 Å². The molecule has 9 nitrogen and oxygen atoms in total. The quantitative estimate of drug-likeness (QED) is 0.166. The molecule has 0 radical (unpaired) electrons. The van der Waals surface area contributed by atoms with Gasteiger partial charge >= 0.3 is 0 Å². The Bertz CT molecular complexity index is 1690. The molecule has 6 rings (SSSR count). The minimum absolute atomic E-state index is 0.122. The van der Waals surface area contributed by atoms with E-state index in [0.717, 1.165) is 35.3 Å². The molecule has 258 valence electrons. The van der Waals surface area contributed by atoms with Crippen LogP contribution in [0.15, 0.2) is 88.5 Å². The summed E-state index contributed by atoms with van der Waals surface area (Å²) in [6.07, 6.45) is 4.97. The number of phenols is 1. The lowest BCUT2D eigenvalue weighted by Crippen LogP contribution is -2.47. The number of fused-ring (bicyclic) bond motifs is 1. The predicted molar refractivity (Wildman–Crippen MR) is 191 cm³/mol. The van der Waals surface area contributed by atoms with Gasteiger partial charge in [0, 0.05) is 54.9 Å². The number of phenolic OH excluding ortho intramolecular Hbond substituents is 1. The van der Waals surface area contributed by atoms with Crippen LogP contribution in [0.2, 0.25) is 0 Å². The number of halogens is 1. The standard InChI is InChI=1S/C39H44BrN3O6/c1-49-24-28-21-31-37(39(48)43(38(31)47)30-14-17-42(18-15-30)22-25-7-3-2-4-8-25)32(23-44)36(28)35(46)12-10-26(33-9-5-6-16-41-33)19-27-20-29(40)11-13-34(27)45/h2-9,11,13,16,19-20,30-32,35,37,44-46H,10,12,14-15,17-18,21-24H2,1H3/b26-19-/t31-,32+,35-,37-/m1/s1. The van der Waals surface area contributed by atoms with Crippen LogP contribution in [-0.4, -0.2) is 87.5 Å². The van der Waals surface area contributed by atoms with Gasteiger partial charge in [-0.05, 0) is 90.8 Å². The number of nitrogens with zero attached hydrogens (tertiary/aromatic N) is 3. The van der Waals surface area contributed by atoms with E-state index < -0.39 is 23.9 Å². The highest BCUT2D eigenvalue weighted by Gasteiger charge is 2.56. The second-order valence-electron chi connectivity index (χ2n) is 13.3. The Balaban J connectivity index is 1.20. The molecule has 49 heavy (non-hydrogen) atoms. The molecule has 3 aliphatic rings. The van der Waals surface area contributed by atoms with Crippen molar-refractivity contribution in [3.8, 4) is 5.75 Å². The Hall–Kier alpha value is -3.67. The molecule has 10 heteroatoms. The number of ether oxygens (including phenoxy) is 1. The van der Waals surface area contributed by atoms with Crippen molar-refractivity contribution in [2.45, 2.75) is 50.8 Å². The van der Waals surface area contributed by atoms with Gasteiger partial charge in [0.15, 0.2) is 0 Å². The van der Waals surface area contributed by atoms with Crippen LogP contribution in [0.5, 0.6) is 5.75 Å². The van der Waals surface area contributed by atoms with Gasteiger partial charge in [0.25, 0.3) is 0 Å². The Morgan fingerprint density at radius 1 is 1.06 bits per heavy atom. The number of aromatic nitrogens is 1. The smallest absolute Gasteiger partial charge is 0.234 e. The second kappa shape index (κ2) is 15.9. The van der Waals surface area contributed by atoms with Crippen molar-refractivity contribution in [1.82, 2.24) is 14.8 Å². The van der Waals surface area contributed by atoms with Crippen molar-refractivity contribution in [3.63, 3.8) is 0 Å². The maximum Gasteiger partial charge on any atom is 0.234 e. The number of amides is 2. The number of methoxy groups -OCH3 is 1. The first-order valence-corrected chi connectivity index (χ1v) is 17.8. The summed E-state index contributed by atoms with van der Waals surface area (Å²) < 4.78 is 6.36. The number of aromatic hydroxyl groups is 1. The van der Waals surface area contributed by atoms with Crippen LogP contribution in [0.1, 0.15) is 48.9 Å². The molecule has 1 aromatic heterocycles. The number of imide groups is 1. The number of carbonyl (C=O) groups excluding carboxylic acids is 2. The maximum absolute atomic E-state index is 14.1. The molecular formula is C39H44BrN3O6. The lowest BCUT2D eigenvalue weighted by atomic mass is 9.68. The molecule has 3 aromatic rings. The molecule has 4 atom stereocenters. The van der Waals surface area contributed by atoms with Crippen molar-refractivity contribution in [1.29, 1.82) is 0 Å². The highest BCUT2D eigenvalue weighted by molar-refractivity contribution is 9.10. The highest BCUT2D eigenvalue weighted by atomic mass is 79.9. The molecule has 0 saturated carbocycles. The number of benzene rings is 2. The first kappa shape index (κ1) is 35.2. The van der Waals surface area contributed by atoms with Crippen LogP contribution in [0, 0.1) is 17.8 Å². The van der Waals surface area contributed by atoms with Gasteiger partial charge in [-0.2, -0.15) is 0 Å². The van der Waals surface area contributed by atoms with Gasteiger partial charge in [0.1, 0.15) is 5.75 Å². The molecule has 1 aliphatic carbocycles. The molecule has 3 N–H and O–H groups in total. The minimum Gasteiger partial charge on any atom is -0.507 e. The third kappa shape index (κ3) is 7.74. The predicted octanol–water partition coefficient (Wildman–Crippen LogP) is 5.45. The van der Waals surface area contributed by atoms with E-state index in [0.29, 0.717) is 42.5 Å². The van der Waals surface area contributed by atoms with Crippen molar-refractivity contribution >= 4 is 39.4 Å². The average Bonchev–Trinajstić information content (AvgIpc) is 3.37. The number of piperidine rings is 1. The number of allylic oxidation sites excluding steroid dienone is 1. The maximum atomic E-state index is 14.1. The summed E-state index contributed by atoms with van der Waals surface area (Å²) in [5, 5.41) is 33.2. The first-order chi connectivity index (χ1) is 23.8. The van der Waals surface area contributed by atoms with Crippen LogP contribution in [0.3, 0.4) is 0 Å². The zero-order valence-corrected chi connectivity index (χ0v) is 29.3. The summed E-state index contributed by atoms with van der Waals surface area (Å²) in [6.45, 7) is 2.24. The molecule has 2 amide bonds. The lowest BCUT2D eigenvalue weighted by Gasteiger charge is -2.37. The number of rotatable bonds is 12. The molecule has 2 saturated heterocycles. The molecule has 3 heterocycles. The minimum atomic E-state index is -0.996. The molecule has 2 aromatic carbocycles. The van der Waals surface area contributed by atoms with Gasteiger partial charge in [0.2, 0.25) is 11.8 Å². The van der Waals surface area contributed by atoms with E-state index in [1.165, 1.54) is 10.5 Å². The summed E-state index contributed by atoms with van der Waals surface area (Å²) in [5.41, 5.74) is 4.74. The van der Waals surface area contributed by atoms with Gasteiger partial charge in [-0.25, -0.2) is 0 Å². The van der Waals surface area contributed by atoms with Crippen molar-refractivity contribution < 1.29 is 29.6 Å². The van der Waals surface area contributed by atoms with Gasteiger partial charge in [-0.1, -0.05) is 52.3 Å². The highest BCUT2D eigenvalue weighted by Crippen LogP contribution is 2.47. The van der Waals surface area contributed by atoms with E-state index in [4.69, 9.17) is 4.74 Å². The molecule has 0 bridgehead atoms. The molecular weight excluding hydrogens is 686 g/mol. The average molecular weight is 731 g/mol. The number of likely N-dealkylation sites (tertiary alicyclic amines) is 2. The zero-order valence-electron chi connectivity index (χ0n) is 27.7. The Morgan fingerprint density at radius 2 is 1.82 bits per heavy atom. The van der Waals surface area contributed by atoms with Gasteiger partial charge in [0.05, 0.1) is 36.8 Å². The largest absolute Gasteiger partial charge is 0.507 e. The normalized spacial score (nSPS) is 22.9.